The second-order valence-corrected chi connectivity index (χ2v) is 8.47. The Hall–Kier alpha value is -1.18. The molecule has 4 aliphatic rings. The fourth-order valence-electron chi connectivity index (χ4n) is 4.51. The van der Waals surface area contributed by atoms with Gasteiger partial charge in [0.15, 0.2) is 0 Å². The molecule has 7 nitrogen and oxygen atoms in total. The summed E-state index contributed by atoms with van der Waals surface area (Å²) in [5.41, 5.74) is 0.0731. The van der Waals surface area contributed by atoms with Crippen LogP contribution in [0.4, 0.5) is 0 Å². The number of hydrogen-bond acceptors (Lipinski definition) is 5. The topological polar surface area (TPSA) is 77.1 Å². The van der Waals surface area contributed by atoms with Gasteiger partial charge >= 0.3 is 0 Å². The number of hydrogen-bond donors (Lipinski definition) is 1. The van der Waals surface area contributed by atoms with Gasteiger partial charge in [-0.1, -0.05) is 13.8 Å². The molecule has 2 amide bonds. The molecule has 2 bridgehead atoms. The van der Waals surface area contributed by atoms with E-state index in [9.17, 15) is 9.59 Å². The van der Waals surface area contributed by atoms with Gasteiger partial charge in [-0.25, -0.2) is 0 Å². The third-order valence-corrected chi connectivity index (χ3v) is 6.45. The summed E-state index contributed by atoms with van der Waals surface area (Å²) in [5, 5.41) is 2.81. The minimum Gasteiger partial charge on any atom is -0.381 e. The molecule has 0 spiro atoms. The maximum atomic E-state index is 13.0. The Balaban J connectivity index is 0.00000145. The second kappa shape index (κ2) is 11.3. The minimum atomic E-state index is -0.654. The average Bonchev–Trinajstić information content (AvgIpc) is 2.78. The zero-order chi connectivity index (χ0) is 21.4. The van der Waals surface area contributed by atoms with Gasteiger partial charge in [0.1, 0.15) is 6.04 Å². The number of methoxy groups -OCH3 is 1. The Morgan fingerprint density at radius 2 is 1.79 bits per heavy atom. The first-order valence-electron chi connectivity index (χ1n) is 11.2. The van der Waals surface area contributed by atoms with Gasteiger partial charge in [0, 0.05) is 32.5 Å². The van der Waals surface area contributed by atoms with E-state index in [1.54, 1.807) is 7.11 Å². The standard InChI is InChI=1S/C20H34N2O5.C2H6/c1-14(26-12-20-8-4-17(5-9-20)27-13-20)18(21-15(2)23)19(24)22-10-6-16(25-3)7-11-22;1-2/h14,16-18H,4-13H2,1-3H3,(H,21,23);1-2H3. The fourth-order valence-corrected chi connectivity index (χ4v) is 4.51. The Morgan fingerprint density at radius 3 is 2.28 bits per heavy atom. The van der Waals surface area contributed by atoms with Crippen molar-refractivity contribution >= 4 is 11.8 Å². The van der Waals surface area contributed by atoms with Gasteiger partial charge in [-0.05, 0) is 45.4 Å². The molecule has 0 aromatic heterocycles. The van der Waals surface area contributed by atoms with E-state index in [0.29, 0.717) is 25.8 Å². The van der Waals surface area contributed by atoms with Gasteiger partial charge in [0.05, 0.1) is 31.5 Å². The van der Waals surface area contributed by atoms with Crippen LogP contribution in [0.2, 0.25) is 0 Å². The van der Waals surface area contributed by atoms with Gasteiger partial charge in [-0.2, -0.15) is 0 Å². The molecule has 1 saturated carbocycles. The van der Waals surface area contributed by atoms with Gasteiger partial charge in [0.2, 0.25) is 11.8 Å². The van der Waals surface area contributed by atoms with Crippen molar-refractivity contribution in [1.82, 2.24) is 10.2 Å². The maximum absolute atomic E-state index is 13.0. The number of nitrogens with one attached hydrogen (secondary N) is 1. The number of likely N-dealkylation sites (tertiary alicyclic amines) is 1. The highest BCUT2D eigenvalue weighted by molar-refractivity contribution is 5.87. The summed E-state index contributed by atoms with van der Waals surface area (Å²) in [7, 11) is 1.71. The lowest BCUT2D eigenvalue weighted by atomic mass is 9.72. The lowest BCUT2D eigenvalue weighted by molar-refractivity contribution is -0.158. The lowest BCUT2D eigenvalue weighted by Gasteiger charge is -2.46. The highest BCUT2D eigenvalue weighted by Gasteiger charge is 2.42. The lowest BCUT2D eigenvalue weighted by Crippen LogP contribution is -2.56. The van der Waals surface area contributed by atoms with Gasteiger partial charge < -0.3 is 24.4 Å². The number of amides is 2. The molecule has 4 rings (SSSR count). The van der Waals surface area contributed by atoms with Crippen LogP contribution in [0.25, 0.3) is 0 Å². The zero-order valence-corrected chi connectivity index (χ0v) is 18.9. The molecule has 0 radical (unpaired) electrons. The van der Waals surface area contributed by atoms with Crippen LogP contribution in [0.5, 0.6) is 0 Å². The molecule has 3 aliphatic heterocycles. The third-order valence-electron chi connectivity index (χ3n) is 6.45. The summed E-state index contributed by atoms with van der Waals surface area (Å²) in [6.45, 7) is 9.95. The fraction of sp³-hybridized carbons (Fsp3) is 0.909. The predicted molar refractivity (Wildman–Crippen MR) is 112 cm³/mol. The van der Waals surface area contributed by atoms with Crippen molar-refractivity contribution in [3.8, 4) is 0 Å². The summed E-state index contributed by atoms with van der Waals surface area (Å²) in [6.07, 6.45) is 6.34. The Labute approximate surface area is 175 Å². The van der Waals surface area contributed by atoms with Crippen LogP contribution >= 0.6 is 0 Å². The molecule has 3 heterocycles. The first-order valence-corrected chi connectivity index (χ1v) is 11.2. The minimum absolute atomic E-state index is 0.0617. The van der Waals surface area contributed by atoms with Crippen LogP contribution in [0.1, 0.15) is 66.2 Å². The molecule has 29 heavy (non-hydrogen) atoms. The number of ether oxygens (including phenoxy) is 3. The predicted octanol–water partition coefficient (Wildman–Crippen LogP) is 2.52. The van der Waals surface area contributed by atoms with Crippen molar-refractivity contribution in [2.45, 2.75) is 90.6 Å². The van der Waals surface area contributed by atoms with Gasteiger partial charge in [-0.15, -0.1) is 0 Å². The maximum Gasteiger partial charge on any atom is 0.247 e. The Morgan fingerprint density at radius 1 is 1.17 bits per heavy atom. The van der Waals surface area contributed by atoms with E-state index in [2.05, 4.69) is 5.32 Å². The normalized spacial score (nSPS) is 28.9. The van der Waals surface area contributed by atoms with Crippen LogP contribution in [0.15, 0.2) is 0 Å². The number of carbonyl (C=O) groups is 2. The third kappa shape index (κ3) is 6.40. The van der Waals surface area contributed by atoms with E-state index >= 15 is 0 Å². The molecule has 2 atom stereocenters. The molecule has 0 aromatic rings. The quantitative estimate of drug-likeness (QED) is 0.695. The smallest absolute Gasteiger partial charge is 0.247 e. The van der Waals surface area contributed by atoms with Crippen molar-refractivity contribution < 1.29 is 23.8 Å². The SMILES string of the molecule is CC.COC1CCN(C(=O)C(NC(C)=O)C(C)OCC23CCC(CC2)OC3)CC1. The van der Waals surface area contributed by atoms with E-state index in [-0.39, 0.29) is 29.4 Å². The second-order valence-electron chi connectivity index (χ2n) is 8.47. The first kappa shape index (κ1) is 24.1. The molecule has 4 fully saturated rings. The average molecular weight is 413 g/mol. The molecule has 0 aromatic carbocycles. The molecule has 7 heteroatoms. The van der Waals surface area contributed by atoms with Crippen LogP contribution in [0.3, 0.4) is 0 Å². The number of fused-ring (bicyclic) bond motifs is 3. The summed E-state index contributed by atoms with van der Waals surface area (Å²) in [4.78, 5) is 26.6. The van der Waals surface area contributed by atoms with Crippen molar-refractivity contribution in [2.75, 3.05) is 33.4 Å². The van der Waals surface area contributed by atoms with Crippen LogP contribution in [-0.4, -0.2) is 74.5 Å². The monoisotopic (exact) mass is 412 g/mol. The van der Waals surface area contributed by atoms with E-state index in [1.165, 1.54) is 6.92 Å². The zero-order valence-electron chi connectivity index (χ0n) is 18.9. The molecule has 1 N–H and O–H groups in total. The molecule has 2 unspecified atom stereocenters. The number of rotatable bonds is 7. The number of carbonyl (C=O) groups excluding carboxylic acids is 2. The van der Waals surface area contributed by atoms with E-state index < -0.39 is 6.04 Å². The Kier molecular flexibility index (Phi) is 9.37. The molecular formula is C22H40N2O5. The first-order chi connectivity index (χ1) is 13.9. The molecule has 3 saturated heterocycles. The summed E-state index contributed by atoms with van der Waals surface area (Å²) in [5.74, 6) is -0.274. The number of piperidine rings is 1. The van der Waals surface area contributed by atoms with Crippen molar-refractivity contribution in [1.29, 1.82) is 0 Å². The summed E-state index contributed by atoms with van der Waals surface area (Å²) >= 11 is 0. The van der Waals surface area contributed by atoms with Crippen molar-refractivity contribution in [3.63, 3.8) is 0 Å². The van der Waals surface area contributed by atoms with E-state index in [4.69, 9.17) is 14.2 Å². The number of nitrogens with zero attached hydrogens (tertiary/aromatic N) is 1. The Bertz CT molecular complexity index is 512. The van der Waals surface area contributed by atoms with Crippen LogP contribution < -0.4 is 5.32 Å². The summed E-state index contributed by atoms with van der Waals surface area (Å²) < 4.78 is 17.4. The van der Waals surface area contributed by atoms with Crippen molar-refractivity contribution in [2.24, 2.45) is 5.41 Å². The van der Waals surface area contributed by atoms with E-state index in [0.717, 1.165) is 45.1 Å². The summed E-state index contributed by atoms with van der Waals surface area (Å²) in [6, 6.07) is -0.654. The van der Waals surface area contributed by atoms with Crippen molar-refractivity contribution in [3.05, 3.63) is 0 Å². The molecule has 1 aliphatic carbocycles. The van der Waals surface area contributed by atoms with Gasteiger partial charge in [-0.3, -0.25) is 9.59 Å². The van der Waals surface area contributed by atoms with Crippen LogP contribution in [-0.2, 0) is 23.8 Å². The van der Waals surface area contributed by atoms with Gasteiger partial charge in [0.25, 0.3) is 0 Å². The highest BCUT2D eigenvalue weighted by Crippen LogP contribution is 2.43. The largest absolute Gasteiger partial charge is 0.381 e. The highest BCUT2D eigenvalue weighted by atomic mass is 16.5. The van der Waals surface area contributed by atoms with E-state index in [1.807, 2.05) is 25.7 Å². The van der Waals surface area contributed by atoms with Crippen LogP contribution in [0, 0.1) is 5.41 Å². The molecule has 168 valence electrons. The molecular weight excluding hydrogens is 372 g/mol.